The van der Waals surface area contributed by atoms with Crippen molar-refractivity contribution >= 4 is 6.08 Å². The van der Waals surface area contributed by atoms with Gasteiger partial charge in [-0.15, -0.1) is 0 Å². The van der Waals surface area contributed by atoms with Gasteiger partial charge in [-0.25, -0.2) is 0 Å². The van der Waals surface area contributed by atoms with Gasteiger partial charge in [-0.3, -0.25) is 0 Å². The fraction of sp³-hybridized carbons (Fsp3) is 0.500. The van der Waals surface area contributed by atoms with Gasteiger partial charge in [-0.05, 0) is 36.8 Å². The molecule has 1 heteroatoms. The summed E-state index contributed by atoms with van der Waals surface area (Å²) in [6.45, 7) is 8.69. The van der Waals surface area contributed by atoms with Crippen LogP contribution in [0, 0.1) is 0 Å². The lowest BCUT2D eigenvalue weighted by atomic mass is 10.0. The van der Waals surface area contributed by atoms with Crippen molar-refractivity contribution in [1.29, 1.82) is 0 Å². The Balaban J connectivity index is 0.000000686. The minimum absolute atomic E-state index is 0.438. The molecule has 1 fully saturated rings. The monoisotopic (exact) mass is 232 g/mol. The Hall–Kier alpha value is -1.08. The van der Waals surface area contributed by atoms with Gasteiger partial charge in [0.1, 0.15) is 0 Å². The molecule has 1 unspecified atom stereocenters. The highest BCUT2D eigenvalue weighted by atomic mass is 16.5. The molecule has 0 aliphatic carbocycles. The van der Waals surface area contributed by atoms with Crippen LogP contribution in [0.1, 0.15) is 44.2 Å². The highest BCUT2D eigenvalue weighted by molar-refractivity contribution is 5.47. The van der Waals surface area contributed by atoms with E-state index in [-0.39, 0.29) is 0 Å². The first-order valence-electron chi connectivity index (χ1n) is 6.71. The van der Waals surface area contributed by atoms with E-state index >= 15 is 0 Å². The molecule has 1 nitrogen and oxygen atoms in total. The van der Waals surface area contributed by atoms with Crippen LogP contribution in [-0.4, -0.2) is 12.7 Å². The summed E-state index contributed by atoms with van der Waals surface area (Å²) in [5.74, 6) is 0. The Kier molecular flexibility index (Phi) is 6.64. The van der Waals surface area contributed by atoms with Gasteiger partial charge in [0.2, 0.25) is 0 Å². The summed E-state index contributed by atoms with van der Waals surface area (Å²) in [6.07, 6.45) is 7.12. The third-order valence-corrected chi connectivity index (χ3v) is 2.95. The Morgan fingerprint density at radius 3 is 2.47 bits per heavy atom. The predicted octanol–water partition coefficient (Wildman–Crippen LogP) is 4.47. The summed E-state index contributed by atoms with van der Waals surface area (Å²) >= 11 is 0. The molecule has 2 rings (SSSR count). The van der Waals surface area contributed by atoms with Gasteiger partial charge >= 0.3 is 0 Å². The maximum absolute atomic E-state index is 5.72. The molecule has 1 heterocycles. The number of rotatable bonds is 3. The largest absolute Gasteiger partial charge is 0.378 e. The zero-order valence-electron chi connectivity index (χ0n) is 11.1. The average Bonchev–Trinajstić information content (AvgIpc) is 2.43. The first-order chi connectivity index (χ1) is 8.38. The fourth-order valence-electron chi connectivity index (χ4n) is 2.02. The molecule has 94 valence electrons. The van der Waals surface area contributed by atoms with Gasteiger partial charge in [0.15, 0.2) is 0 Å². The SMILES string of the molecule is C=Cc1ccc(CC2CCCCO2)cc1.CC. The predicted molar refractivity (Wildman–Crippen MR) is 75.2 cm³/mol. The molecule has 0 spiro atoms. The van der Waals surface area contributed by atoms with E-state index < -0.39 is 0 Å². The molecule has 1 aliphatic rings. The number of hydrogen-bond acceptors (Lipinski definition) is 1. The van der Waals surface area contributed by atoms with Crippen molar-refractivity contribution in [2.75, 3.05) is 6.61 Å². The van der Waals surface area contributed by atoms with Crippen molar-refractivity contribution in [3.8, 4) is 0 Å². The summed E-state index contributed by atoms with van der Waals surface area (Å²) in [5.41, 5.74) is 2.55. The van der Waals surface area contributed by atoms with Crippen LogP contribution in [0.15, 0.2) is 30.8 Å². The van der Waals surface area contributed by atoms with Crippen molar-refractivity contribution in [3.63, 3.8) is 0 Å². The molecule has 1 aliphatic heterocycles. The zero-order valence-corrected chi connectivity index (χ0v) is 11.1. The second-order valence-corrected chi connectivity index (χ2v) is 4.14. The van der Waals surface area contributed by atoms with Crippen LogP contribution >= 0.6 is 0 Å². The highest BCUT2D eigenvalue weighted by Gasteiger charge is 2.13. The molecule has 0 radical (unpaired) electrons. The molecule has 0 amide bonds. The minimum Gasteiger partial charge on any atom is -0.378 e. The van der Waals surface area contributed by atoms with E-state index in [4.69, 9.17) is 4.74 Å². The summed E-state index contributed by atoms with van der Waals surface area (Å²) in [7, 11) is 0. The van der Waals surface area contributed by atoms with E-state index in [1.807, 2.05) is 19.9 Å². The van der Waals surface area contributed by atoms with Crippen LogP contribution < -0.4 is 0 Å². The number of ether oxygens (including phenoxy) is 1. The topological polar surface area (TPSA) is 9.23 Å². The number of hydrogen-bond donors (Lipinski definition) is 0. The normalized spacial score (nSPS) is 19.1. The molecule has 0 bridgehead atoms. The van der Waals surface area contributed by atoms with Crippen molar-refractivity contribution in [2.45, 2.75) is 45.6 Å². The molecule has 17 heavy (non-hydrogen) atoms. The van der Waals surface area contributed by atoms with Crippen LogP contribution in [0.4, 0.5) is 0 Å². The van der Waals surface area contributed by atoms with E-state index in [9.17, 15) is 0 Å². The smallest absolute Gasteiger partial charge is 0.0615 e. The van der Waals surface area contributed by atoms with E-state index in [1.165, 1.54) is 30.4 Å². The maximum Gasteiger partial charge on any atom is 0.0615 e. The third-order valence-electron chi connectivity index (χ3n) is 2.95. The maximum atomic E-state index is 5.72. The fourth-order valence-corrected chi connectivity index (χ4v) is 2.02. The Morgan fingerprint density at radius 2 is 1.94 bits per heavy atom. The van der Waals surface area contributed by atoms with Crippen molar-refractivity contribution in [1.82, 2.24) is 0 Å². The van der Waals surface area contributed by atoms with Gasteiger partial charge in [0, 0.05) is 6.61 Å². The van der Waals surface area contributed by atoms with E-state index in [1.54, 1.807) is 0 Å². The van der Waals surface area contributed by atoms with Crippen molar-refractivity contribution < 1.29 is 4.74 Å². The molecule has 0 aromatic heterocycles. The standard InChI is InChI=1S/C14H18O.C2H6/c1-2-12-6-8-13(9-7-12)11-14-5-3-4-10-15-14;1-2/h2,6-9,14H,1,3-5,10-11H2;1-2H3. The molecule has 1 saturated heterocycles. The lowest BCUT2D eigenvalue weighted by molar-refractivity contribution is 0.0168. The van der Waals surface area contributed by atoms with Crippen LogP contribution in [0.3, 0.4) is 0 Å². The Bertz CT molecular complexity index is 307. The van der Waals surface area contributed by atoms with E-state index in [2.05, 4.69) is 30.8 Å². The van der Waals surface area contributed by atoms with Crippen molar-refractivity contribution in [2.24, 2.45) is 0 Å². The molecular formula is C16H24O. The van der Waals surface area contributed by atoms with Gasteiger partial charge < -0.3 is 4.74 Å². The van der Waals surface area contributed by atoms with Crippen LogP contribution in [0.5, 0.6) is 0 Å². The molecule has 0 N–H and O–H groups in total. The molecular weight excluding hydrogens is 208 g/mol. The minimum atomic E-state index is 0.438. The van der Waals surface area contributed by atoms with Crippen LogP contribution in [0.25, 0.3) is 6.08 Å². The zero-order chi connectivity index (χ0) is 12.5. The van der Waals surface area contributed by atoms with Gasteiger partial charge in [0.05, 0.1) is 6.10 Å². The molecule has 1 aromatic carbocycles. The van der Waals surface area contributed by atoms with Gasteiger partial charge in [-0.2, -0.15) is 0 Å². The summed E-state index contributed by atoms with van der Waals surface area (Å²) < 4.78 is 5.72. The Morgan fingerprint density at radius 1 is 1.24 bits per heavy atom. The quantitative estimate of drug-likeness (QED) is 0.747. The summed E-state index contributed by atoms with van der Waals surface area (Å²) in [4.78, 5) is 0. The van der Waals surface area contributed by atoms with Crippen LogP contribution in [0.2, 0.25) is 0 Å². The molecule has 1 atom stereocenters. The second kappa shape index (κ2) is 8.08. The lowest BCUT2D eigenvalue weighted by Crippen LogP contribution is -2.21. The first kappa shape index (κ1) is 14.0. The number of benzene rings is 1. The third kappa shape index (κ3) is 4.74. The highest BCUT2D eigenvalue weighted by Crippen LogP contribution is 2.17. The summed E-state index contributed by atoms with van der Waals surface area (Å²) in [6, 6.07) is 8.58. The summed E-state index contributed by atoms with van der Waals surface area (Å²) in [5, 5.41) is 0. The second-order valence-electron chi connectivity index (χ2n) is 4.14. The average molecular weight is 232 g/mol. The van der Waals surface area contributed by atoms with Crippen LogP contribution in [-0.2, 0) is 11.2 Å². The molecule has 0 saturated carbocycles. The van der Waals surface area contributed by atoms with E-state index in [0.29, 0.717) is 6.10 Å². The van der Waals surface area contributed by atoms with E-state index in [0.717, 1.165) is 13.0 Å². The lowest BCUT2D eigenvalue weighted by Gasteiger charge is -2.22. The van der Waals surface area contributed by atoms with Gasteiger partial charge in [-0.1, -0.05) is 50.8 Å². The Labute approximate surface area is 106 Å². The first-order valence-corrected chi connectivity index (χ1v) is 6.71. The molecule has 1 aromatic rings. The van der Waals surface area contributed by atoms with Gasteiger partial charge in [0.25, 0.3) is 0 Å². The van der Waals surface area contributed by atoms with Crippen molar-refractivity contribution in [3.05, 3.63) is 42.0 Å².